The first-order valence-electron chi connectivity index (χ1n) is 5.53. The molecule has 19 heavy (non-hydrogen) atoms. The minimum atomic E-state index is -1.15. The number of nitrogens with one attached hydrogen (secondary N) is 2. The normalized spacial score (nSPS) is 11.7. The van der Waals surface area contributed by atoms with Crippen LogP contribution in [-0.4, -0.2) is 36.9 Å². The maximum Gasteiger partial charge on any atom is 0.337 e. The molecule has 7 heteroatoms. The molecule has 0 fully saturated rings. The van der Waals surface area contributed by atoms with Crippen molar-refractivity contribution >= 4 is 29.3 Å². The van der Waals surface area contributed by atoms with Crippen molar-refractivity contribution in [2.75, 3.05) is 19.0 Å². The summed E-state index contributed by atoms with van der Waals surface area (Å²) in [6.45, 7) is 2.17. The largest absolute Gasteiger partial charge is 0.478 e. The SMILES string of the molecule is COCC(C)NC(=O)Nc1ccc(Cl)c(C(=O)O)c1. The lowest BCUT2D eigenvalue weighted by Crippen LogP contribution is -2.38. The van der Waals surface area contributed by atoms with Gasteiger partial charge in [-0.3, -0.25) is 0 Å². The zero-order valence-corrected chi connectivity index (χ0v) is 11.3. The zero-order chi connectivity index (χ0) is 14.4. The van der Waals surface area contributed by atoms with Crippen LogP contribution in [0.2, 0.25) is 5.02 Å². The van der Waals surface area contributed by atoms with E-state index in [0.717, 1.165) is 0 Å². The Hall–Kier alpha value is -1.79. The minimum absolute atomic E-state index is 0.0654. The van der Waals surface area contributed by atoms with Gasteiger partial charge in [0.1, 0.15) is 0 Å². The second kappa shape index (κ2) is 6.96. The Labute approximate surface area is 115 Å². The average molecular weight is 287 g/mol. The van der Waals surface area contributed by atoms with Crippen molar-refractivity contribution < 1.29 is 19.4 Å². The number of amides is 2. The number of aromatic carboxylic acids is 1. The van der Waals surface area contributed by atoms with Crippen LogP contribution in [0.3, 0.4) is 0 Å². The van der Waals surface area contributed by atoms with Gasteiger partial charge in [0.15, 0.2) is 0 Å². The van der Waals surface area contributed by atoms with Gasteiger partial charge >= 0.3 is 12.0 Å². The van der Waals surface area contributed by atoms with E-state index in [0.29, 0.717) is 12.3 Å². The van der Waals surface area contributed by atoms with Crippen molar-refractivity contribution in [3.05, 3.63) is 28.8 Å². The molecule has 0 aliphatic carbocycles. The van der Waals surface area contributed by atoms with Gasteiger partial charge < -0.3 is 20.5 Å². The number of carboxylic acids is 1. The third kappa shape index (κ3) is 4.76. The van der Waals surface area contributed by atoms with Gasteiger partial charge in [-0.2, -0.15) is 0 Å². The Morgan fingerprint density at radius 2 is 2.16 bits per heavy atom. The predicted octanol–water partition coefficient (Wildman–Crippen LogP) is 2.19. The molecule has 2 amide bonds. The van der Waals surface area contributed by atoms with Crippen LogP contribution in [0.1, 0.15) is 17.3 Å². The standard InChI is InChI=1S/C12H15ClN2O4/c1-7(6-19-2)14-12(18)15-8-3-4-10(13)9(5-8)11(16)17/h3-5,7H,6H2,1-2H3,(H,16,17)(H2,14,15,18). The number of benzene rings is 1. The van der Waals surface area contributed by atoms with Crippen molar-refractivity contribution in [3.8, 4) is 0 Å². The van der Waals surface area contributed by atoms with Gasteiger partial charge in [-0.15, -0.1) is 0 Å². The van der Waals surface area contributed by atoms with E-state index in [-0.39, 0.29) is 16.6 Å². The fourth-order valence-corrected chi connectivity index (χ4v) is 1.65. The summed E-state index contributed by atoms with van der Waals surface area (Å²) in [5, 5.41) is 14.2. The van der Waals surface area contributed by atoms with Crippen LogP contribution < -0.4 is 10.6 Å². The van der Waals surface area contributed by atoms with Gasteiger partial charge in [0.2, 0.25) is 0 Å². The topological polar surface area (TPSA) is 87.7 Å². The Balaban J connectivity index is 2.69. The van der Waals surface area contributed by atoms with E-state index < -0.39 is 12.0 Å². The molecular weight excluding hydrogens is 272 g/mol. The fourth-order valence-electron chi connectivity index (χ4n) is 1.45. The van der Waals surface area contributed by atoms with Crippen molar-refractivity contribution in [1.82, 2.24) is 5.32 Å². The van der Waals surface area contributed by atoms with E-state index in [1.54, 1.807) is 6.92 Å². The van der Waals surface area contributed by atoms with Crippen LogP contribution in [0.15, 0.2) is 18.2 Å². The maximum absolute atomic E-state index is 11.6. The lowest BCUT2D eigenvalue weighted by Gasteiger charge is -2.14. The molecule has 6 nitrogen and oxygen atoms in total. The van der Waals surface area contributed by atoms with Crippen LogP contribution in [0.4, 0.5) is 10.5 Å². The third-order valence-corrected chi connectivity index (χ3v) is 2.58. The number of carbonyl (C=O) groups excluding carboxylic acids is 1. The van der Waals surface area contributed by atoms with E-state index in [4.69, 9.17) is 21.4 Å². The molecule has 0 aliphatic heterocycles. The number of halogens is 1. The predicted molar refractivity (Wildman–Crippen MR) is 71.9 cm³/mol. The van der Waals surface area contributed by atoms with E-state index in [9.17, 15) is 9.59 Å². The summed E-state index contributed by atoms with van der Waals surface area (Å²) in [6, 6.07) is 3.64. The summed E-state index contributed by atoms with van der Waals surface area (Å²) >= 11 is 5.73. The molecule has 1 atom stereocenters. The molecule has 1 rings (SSSR count). The highest BCUT2D eigenvalue weighted by Gasteiger charge is 2.11. The quantitative estimate of drug-likeness (QED) is 0.774. The number of hydrogen-bond acceptors (Lipinski definition) is 3. The van der Waals surface area contributed by atoms with Gasteiger partial charge in [-0.05, 0) is 25.1 Å². The molecule has 104 valence electrons. The maximum atomic E-state index is 11.6. The molecular formula is C12H15ClN2O4. The highest BCUT2D eigenvalue weighted by molar-refractivity contribution is 6.33. The number of hydrogen-bond donors (Lipinski definition) is 3. The number of ether oxygens (including phenoxy) is 1. The molecule has 0 bridgehead atoms. The number of carbonyl (C=O) groups is 2. The first-order valence-corrected chi connectivity index (χ1v) is 5.91. The number of rotatable bonds is 5. The molecule has 0 spiro atoms. The lowest BCUT2D eigenvalue weighted by atomic mass is 10.2. The molecule has 0 heterocycles. The number of carboxylic acid groups (broad SMARTS) is 1. The summed E-state index contributed by atoms with van der Waals surface area (Å²) < 4.78 is 4.88. The van der Waals surface area contributed by atoms with Crippen LogP contribution in [0, 0.1) is 0 Å². The van der Waals surface area contributed by atoms with Crippen LogP contribution in [0.5, 0.6) is 0 Å². The summed E-state index contributed by atoms with van der Waals surface area (Å²) in [6.07, 6.45) is 0. The Kier molecular flexibility index (Phi) is 5.59. The molecule has 1 unspecified atom stereocenters. The van der Waals surface area contributed by atoms with Crippen molar-refractivity contribution in [1.29, 1.82) is 0 Å². The summed E-state index contributed by atoms with van der Waals surface area (Å²) in [4.78, 5) is 22.5. The zero-order valence-electron chi connectivity index (χ0n) is 10.6. The van der Waals surface area contributed by atoms with Gasteiger partial charge in [0.05, 0.1) is 23.2 Å². The molecule has 3 N–H and O–H groups in total. The van der Waals surface area contributed by atoms with Crippen molar-refractivity contribution in [3.63, 3.8) is 0 Å². The van der Waals surface area contributed by atoms with Gasteiger partial charge in [0, 0.05) is 12.8 Å². The first kappa shape index (κ1) is 15.3. The van der Waals surface area contributed by atoms with Crippen molar-refractivity contribution in [2.45, 2.75) is 13.0 Å². The van der Waals surface area contributed by atoms with E-state index in [1.807, 2.05) is 0 Å². The van der Waals surface area contributed by atoms with Gasteiger partial charge in [0.25, 0.3) is 0 Å². The highest BCUT2D eigenvalue weighted by atomic mass is 35.5. The molecule has 0 aliphatic rings. The summed E-state index contributed by atoms with van der Waals surface area (Å²) in [5.41, 5.74) is 0.285. The average Bonchev–Trinajstić information content (AvgIpc) is 2.31. The van der Waals surface area contributed by atoms with E-state index in [1.165, 1.54) is 25.3 Å². The fraction of sp³-hybridized carbons (Fsp3) is 0.333. The molecule has 1 aromatic rings. The minimum Gasteiger partial charge on any atom is -0.478 e. The molecule has 0 saturated heterocycles. The summed E-state index contributed by atoms with van der Waals surface area (Å²) in [5.74, 6) is -1.15. The smallest absolute Gasteiger partial charge is 0.337 e. The van der Waals surface area contributed by atoms with Gasteiger partial charge in [-0.1, -0.05) is 11.6 Å². The van der Waals surface area contributed by atoms with E-state index in [2.05, 4.69) is 10.6 Å². The van der Waals surface area contributed by atoms with Crippen molar-refractivity contribution in [2.24, 2.45) is 0 Å². The van der Waals surface area contributed by atoms with Crippen LogP contribution >= 0.6 is 11.6 Å². The highest BCUT2D eigenvalue weighted by Crippen LogP contribution is 2.20. The number of urea groups is 1. The van der Waals surface area contributed by atoms with Crippen LogP contribution in [0.25, 0.3) is 0 Å². The molecule has 0 aromatic heterocycles. The van der Waals surface area contributed by atoms with E-state index >= 15 is 0 Å². The van der Waals surface area contributed by atoms with Crippen LogP contribution in [-0.2, 0) is 4.74 Å². The second-order valence-corrected chi connectivity index (χ2v) is 4.36. The lowest BCUT2D eigenvalue weighted by molar-refractivity contribution is 0.0697. The Bertz CT molecular complexity index is 479. The Morgan fingerprint density at radius 1 is 1.47 bits per heavy atom. The third-order valence-electron chi connectivity index (χ3n) is 2.25. The number of anilines is 1. The Morgan fingerprint density at radius 3 is 2.74 bits per heavy atom. The second-order valence-electron chi connectivity index (χ2n) is 3.95. The first-order chi connectivity index (χ1) is 8.93. The number of methoxy groups -OCH3 is 1. The monoisotopic (exact) mass is 286 g/mol. The molecule has 1 aromatic carbocycles. The molecule has 0 saturated carbocycles. The molecule has 0 radical (unpaired) electrons. The van der Waals surface area contributed by atoms with Gasteiger partial charge in [-0.25, -0.2) is 9.59 Å². The summed E-state index contributed by atoms with van der Waals surface area (Å²) in [7, 11) is 1.54.